The topological polar surface area (TPSA) is 211 Å². The number of likely N-dealkylation sites (N-methyl/N-ethyl adjacent to an activating group) is 3. The van der Waals surface area contributed by atoms with Crippen molar-refractivity contribution in [3.05, 3.63) is 0 Å². The Balaban J connectivity index is 1.14. The standard InChI is InChI=1S/C64H124N9O13P3/c1-8-11-14-17-20-23-26-29-32-35-41-71-47-44-68(4)62(71)65-87(75,78-7)84-57-39-51-80-60(57)54-83-89(77,67-64-70(6)46-49-73(64)43-37-34-31-28-25-22-19-16-13-10-3)86-58-40-52-81-61(58)55-82-88(76,85-56-38-50-79-59(56)53-74)66-63-69(5)45-48-72(63)42-36-33-30-27-24-21-18-15-12-9-2/h56-61,74H,8-55H2,1-7H3. The molecule has 1 N–H and O–H groups in total. The first-order chi connectivity index (χ1) is 43.2. The monoisotopic (exact) mass is 1320 g/mol. The Labute approximate surface area is 538 Å². The van der Waals surface area contributed by atoms with Crippen LogP contribution in [0.2, 0.25) is 0 Å². The molecule has 9 atom stereocenters. The third-order valence-corrected chi connectivity index (χ3v) is 22.7. The molecule has 9 unspecified atom stereocenters. The molecule has 25 heteroatoms. The maximum Gasteiger partial charge on any atom is 0.457 e. The summed E-state index contributed by atoms with van der Waals surface area (Å²) in [6.07, 6.45) is 33.2. The zero-order valence-corrected chi connectivity index (χ0v) is 59.3. The number of guanidine groups is 3. The molecule has 6 rings (SSSR count). The predicted octanol–water partition coefficient (Wildman–Crippen LogP) is 14.1. The van der Waals surface area contributed by atoms with E-state index in [0.29, 0.717) is 63.4 Å². The van der Waals surface area contributed by atoms with Crippen LogP contribution >= 0.6 is 23.2 Å². The molecule has 6 saturated heterocycles. The summed E-state index contributed by atoms with van der Waals surface area (Å²) in [6.45, 7) is 13.3. The van der Waals surface area contributed by atoms with Gasteiger partial charge in [0, 0.05) is 126 Å². The third-order valence-electron chi connectivity index (χ3n) is 18.4. The van der Waals surface area contributed by atoms with Gasteiger partial charge in [0.15, 0.2) is 0 Å². The van der Waals surface area contributed by atoms with E-state index in [1.807, 2.05) is 35.8 Å². The predicted molar refractivity (Wildman–Crippen MR) is 357 cm³/mol. The molecule has 6 fully saturated rings. The highest BCUT2D eigenvalue weighted by atomic mass is 31.2. The molecule has 6 heterocycles. The maximum atomic E-state index is 15.7. The van der Waals surface area contributed by atoms with Gasteiger partial charge < -0.3 is 48.7 Å². The molecule has 0 aromatic carbocycles. The minimum atomic E-state index is -4.46. The van der Waals surface area contributed by atoms with Crippen molar-refractivity contribution in [2.45, 2.75) is 269 Å². The van der Waals surface area contributed by atoms with Gasteiger partial charge in [-0.3, -0.25) is 27.1 Å². The van der Waals surface area contributed by atoms with Crippen LogP contribution in [0.1, 0.15) is 233 Å². The number of aliphatic hydroxyl groups is 1. The first-order valence-corrected chi connectivity index (χ1v) is 40.1. The fraction of sp³-hybridized carbons (Fsp3) is 0.953. The molecule has 22 nitrogen and oxygen atoms in total. The summed E-state index contributed by atoms with van der Waals surface area (Å²) in [5.41, 5.74) is 0. The lowest BCUT2D eigenvalue weighted by atomic mass is 10.1. The van der Waals surface area contributed by atoms with Crippen molar-refractivity contribution in [3.63, 3.8) is 0 Å². The maximum absolute atomic E-state index is 15.7. The molecule has 0 radical (unpaired) electrons. The average molecular weight is 1320 g/mol. The second-order valence-electron chi connectivity index (χ2n) is 25.9. The van der Waals surface area contributed by atoms with E-state index in [4.69, 9.17) is 55.6 Å². The van der Waals surface area contributed by atoms with E-state index >= 15 is 9.13 Å². The Morgan fingerprint density at radius 1 is 0.404 bits per heavy atom. The number of ether oxygens (including phenoxy) is 3. The highest BCUT2D eigenvalue weighted by Crippen LogP contribution is 2.57. The largest absolute Gasteiger partial charge is 0.457 e. The van der Waals surface area contributed by atoms with Crippen LogP contribution in [-0.2, 0) is 55.0 Å². The van der Waals surface area contributed by atoms with Gasteiger partial charge in [-0.25, -0.2) is 13.7 Å². The van der Waals surface area contributed by atoms with E-state index in [-0.39, 0.29) is 33.0 Å². The number of hydrogen-bond donors (Lipinski definition) is 1. The molecule has 0 aromatic heterocycles. The molecule has 6 aliphatic rings. The lowest BCUT2D eigenvalue weighted by Crippen LogP contribution is -2.34. The van der Waals surface area contributed by atoms with Gasteiger partial charge in [0.05, 0.1) is 38.1 Å². The molecule has 0 spiro atoms. The number of rotatable bonds is 50. The van der Waals surface area contributed by atoms with Gasteiger partial charge in [-0.15, -0.1) is 14.3 Å². The number of aliphatic hydroxyl groups excluding tert-OH is 1. The van der Waals surface area contributed by atoms with Crippen LogP contribution in [0, 0.1) is 0 Å². The van der Waals surface area contributed by atoms with Crippen molar-refractivity contribution in [2.75, 3.05) is 127 Å². The zero-order chi connectivity index (χ0) is 63.6. The minimum absolute atomic E-state index is 0.237. The summed E-state index contributed by atoms with van der Waals surface area (Å²) >= 11 is 0. The number of nitrogens with zero attached hydrogens (tertiary/aromatic N) is 9. The van der Waals surface area contributed by atoms with Crippen molar-refractivity contribution in [1.29, 1.82) is 0 Å². The first kappa shape index (κ1) is 76.1. The van der Waals surface area contributed by atoms with Crippen LogP contribution < -0.4 is 0 Å². The number of hydrogen-bond acceptors (Lipinski definition) is 13. The summed E-state index contributed by atoms with van der Waals surface area (Å²) in [7, 11) is -5.71. The summed E-state index contributed by atoms with van der Waals surface area (Å²) in [4.78, 5) is 12.4. The van der Waals surface area contributed by atoms with Crippen LogP contribution in [-0.4, -0.2) is 216 Å². The van der Waals surface area contributed by atoms with Gasteiger partial charge in [-0.05, 0) is 19.3 Å². The Morgan fingerprint density at radius 2 is 0.674 bits per heavy atom. The molecule has 0 bridgehead atoms. The van der Waals surface area contributed by atoms with E-state index in [1.165, 1.54) is 155 Å². The summed E-state index contributed by atoms with van der Waals surface area (Å²) in [6, 6.07) is 0. The number of unbranched alkanes of at least 4 members (excludes halogenated alkanes) is 27. The molecular weight excluding hydrogens is 1200 g/mol. The Hall–Kier alpha value is -1.90. The van der Waals surface area contributed by atoms with Gasteiger partial charge in [0.1, 0.15) is 18.3 Å². The first-order valence-electron chi connectivity index (χ1n) is 35.6. The third kappa shape index (κ3) is 27.0. The molecule has 6 aliphatic heterocycles. The van der Waals surface area contributed by atoms with Crippen LogP contribution in [0.25, 0.3) is 0 Å². The van der Waals surface area contributed by atoms with Crippen molar-refractivity contribution < 1.29 is 60.2 Å². The molecule has 89 heavy (non-hydrogen) atoms. The second kappa shape index (κ2) is 42.5. The highest BCUT2D eigenvalue weighted by molar-refractivity contribution is 7.53. The van der Waals surface area contributed by atoms with E-state index in [9.17, 15) is 9.67 Å². The average Bonchev–Trinajstić information content (AvgIpc) is 2.13. The smallest absolute Gasteiger partial charge is 0.394 e. The molecule has 0 aromatic rings. The van der Waals surface area contributed by atoms with Gasteiger partial charge in [0.2, 0.25) is 17.9 Å². The lowest BCUT2D eigenvalue weighted by Gasteiger charge is -2.28. The second-order valence-corrected chi connectivity index (χ2v) is 30.8. The van der Waals surface area contributed by atoms with Crippen molar-refractivity contribution >= 4 is 41.1 Å². The Kier molecular flexibility index (Phi) is 36.4. The molecule has 0 amide bonds. The van der Waals surface area contributed by atoms with Gasteiger partial charge in [0.25, 0.3) is 0 Å². The minimum Gasteiger partial charge on any atom is -0.394 e. The van der Waals surface area contributed by atoms with Crippen molar-refractivity contribution in [1.82, 2.24) is 29.4 Å². The molecular formula is C64H124N9O13P3. The summed E-state index contributed by atoms with van der Waals surface area (Å²) < 4.78 is 116. The van der Waals surface area contributed by atoms with Crippen LogP contribution in [0.15, 0.2) is 14.3 Å². The fourth-order valence-corrected chi connectivity index (χ4v) is 17.2. The normalized spacial score (nSPS) is 26.0. The quantitative estimate of drug-likeness (QED) is 0.0443. The van der Waals surface area contributed by atoms with E-state index in [2.05, 4.69) is 35.5 Å². The van der Waals surface area contributed by atoms with Gasteiger partial charge in [-0.1, -0.05) is 194 Å². The van der Waals surface area contributed by atoms with E-state index in [1.54, 1.807) is 0 Å². The summed E-state index contributed by atoms with van der Waals surface area (Å²) in [5.74, 6) is 1.61. The summed E-state index contributed by atoms with van der Waals surface area (Å²) in [5, 5.41) is 10.2. The van der Waals surface area contributed by atoms with Crippen LogP contribution in [0.3, 0.4) is 0 Å². The highest BCUT2D eigenvalue weighted by Gasteiger charge is 2.46. The van der Waals surface area contributed by atoms with Crippen molar-refractivity contribution in [3.8, 4) is 0 Å². The Morgan fingerprint density at radius 3 is 0.978 bits per heavy atom. The van der Waals surface area contributed by atoms with Gasteiger partial charge in [-0.2, -0.15) is 0 Å². The van der Waals surface area contributed by atoms with E-state index < -0.39 is 59.9 Å². The van der Waals surface area contributed by atoms with Crippen molar-refractivity contribution in [2.24, 2.45) is 14.3 Å². The molecule has 518 valence electrons. The fourth-order valence-electron chi connectivity index (χ4n) is 12.7. The van der Waals surface area contributed by atoms with Crippen LogP contribution in [0.4, 0.5) is 0 Å². The zero-order valence-electron chi connectivity index (χ0n) is 56.6. The Bertz CT molecular complexity index is 2190. The van der Waals surface area contributed by atoms with Crippen LogP contribution in [0.5, 0.6) is 0 Å². The molecule has 0 aliphatic carbocycles. The SMILES string of the molecule is CCCCCCCCCCCCN1CCN(C)C1=NP(=O)(OC)OC1CCOC1COP(=O)(N=C1N(C)CCN1CCCCCCCCCCCC)OC1CCOC1COP(=O)(N=C1N(C)CCN1CCCCCCCCCCCC)OC1CCOC1CO. The lowest BCUT2D eigenvalue weighted by molar-refractivity contribution is -0.0125. The van der Waals surface area contributed by atoms with Gasteiger partial charge >= 0.3 is 23.2 Å². The van der Waals surface area contributed by atoms with E-state index in [0.717, 1.165) is 84.2 Å². The molecule has 0 saturated carbocycles.